The largest absolute Gasteiger partial charge is 0.449 e. The summed E-state index contributed by atoms with van der Waals surface area (Å²) in [6.45, 7) is 6.56. The maximum atomic E-state index is 12.2. The second-order valence-electron chi connectivity index (χ2n) is 7.17. The Bertz CT molecular complexity index is 840. The molecule has 0 saturated heterocycles. The standard InChI is InChI=1S/C18H21N3O6/c1-9(13(22)19-17(26)20-18(2,3)4)27-16(25)10-6-7-11-12(8-10)15(24)21(5)14(11)23/h6-9H,1-5H3,(H2,19,20,22,26). The molecule has 27 heavy (non-hydrogen) atoms. The molecule has 0 aliphatic carbocycles. The third-order valence-electron chi connectivity index (χ3n) is 3.70. The quantitative estimate of drug-likeness (QED) is 0.602. The summed E-state index contributed by atoms with van der Waals surface area (Å²) in [5.41, 5.74) is -0.225. The lowest BCUT2D eigenvalue weighted by Crippen LogP contribution is -2.50. The molecule has 0 fully saturated rings. The minimum Gasteiger partial charge on any atom is -0.449 e. The Labute approximate surface area is 156 Å². The van der Waals surface area contributed by atoms with Crippen LogP contribution in [-0.2, 0) is 9.53 Å². The van der Waals surface area contributed by atoms with Crippen LogP contribution in [-0.4, -0.2) is 53.3 Å². The van der Waals surface area contributed by atoms with Crippen LogP contribution in [0.5, 0.6) is 0 Å². The van der Waals surface area contributed by atoms with Gasteiger partial charge in [-0.3, -0.25) is 24.6 Å². The van der Waals surface area contributed by atoms with E-state index in [1.807, 2.05) is 0 Å². The molecule has 9 heteroatoms. The molecule has 1 aromatic carbocycles. The van der Waals surface area contributed by atoms with Gasteiger partial charge in [-0.25, -0.2) is 9.59 Å². The zero-order valence-corrected chi connectivity index (χ0v) is 15.7. The number of amides is 5. The van der Waals surface area contributed by atoms with E-state index in [0.29, 0.717) is 0 Å². The number of hydrogen-bond donors (Lipinski definition) is 2. The Balaban J connectivity index is 2.03. The van der Waals surface area contributed by atoms with Crippen LogP contribution in [0.15, 0.2) is 18.2 Å². The molecule has 2 rings (SSSR count). The molecule has 0 bridgehead atoms. The first-order chi connectivity index (χ1) is 12.4. The Morgan fingerprint density at radius 2 is 1.67 bits per heavy atom. The number of carbonyl (C=O) groups is 5. The van der Waals surface area contributed by atoms with Crippen molar-refractivity contribution in [3.63, 3.8) is 0 Å². The zero-order chi connectivity index (χ0) is 20.5. The third kappa shape index (κ3) is 4.49. The van der Waals surface area contributed by atoms with E-state index in [9.17, 15) is 24.0 Å². The van der Waals surface area contributed by atoms with E-state index >= 15 is 0 Å². The number of hydrogen-bond acceptors (Lipinski definition) is 6. The summed E-state index contributed by atoms with van der Waals surface area (Å²) in [6.07, 6.45) is -1.24. The predicted molar refractivity (Wildman–Crippen MR) is 94.2 cm³/mol. The van der Waals surface area contributed by atoms with Gasteiger partial charge in [0.25, 0.3) is 17.7 Å². The van der Waals surface area contributed by atoms with E-state index in [2.05, 4.69) is 10.6 Å². The number of nitrogens with one attached hydrogen (secondary N) is 2. The van der Waals surface area contributed by atoms with E-state index in [4.69, 9.17) is 4.74 Å². The SMILES string of the molecule is CC(OC(=O)c1ccc2c(c1)C(=O)N(C)C2=O)C(=O)NC(=O)NC(C)(C)C. The van der Waals surface area contributed by atoms with Gasteiger partial charge in [0, 0.05) is 12.6 Å². The molecule has 1 unspecified atom stereocenters. The highest BCUT2D eigenvalue weighted by Crippen LogP contribution is 2.23. The minimum absolute atomic E-state index is 0.0176. The van der Waals surface area contributed by atoms with Gasteiger partial charge in [0.05, 0.1) is 16.7 Å². The number of ether oxygens (including phenoxy) is 1. The van der Waals surface area contributed by atoms with Gasteiger partial charge in [-0.15, -0.1) is 0 Å². The normalized spacial score (nSPS) is 14.5. The molecule has 0 aromatic heterocycles. The monoisotopic (exact) mass is 375 g/mol. The summed E-state index contributed by atoms with van der Waals surface area (Å²) in [5, 5.41) is 4.63. The molecular formula is C18H21N3O6. The lowest BCUT2D eigenvalue weighted by atomic mass is 10.1. The van der Waals surface area contributed by atoms with Crippen molar-refractivity contribution in [3.05, 3.63) is 34.9 Å². The van der Waals surface area contributed by atoms with Crippen LogP contribution < -0.4 is 10.6 Å². The van der Waals surface area contributed by atoms with Crippen molar-refractivity contribution in [1.29, 1.82) is 0 Å². The van der Waals surface area contributed by atoms with E-state index in [1.54, 1.807) is 20.8 Å². The summed E-state index contributed by atoms with van der Waals surface area (Å²) in [5.74, 6) is -2.62. The average molecular weight is 375 g/mol. The van der Waals surface area contributed by atoms with Crippen LogP contribution in [0.2, 0.25) is 0 Å². The number of imide groups is 2. The maximum absolute atomic E-state index is 12.2. The second kappa shape index (κ2) is 7.18. The molecule has 0 spiro atoms. The lowest BCUT2D eigenvalue weighted by molar-refractivity contribution is -0.127. The van der Waals surface area contributed by atoms with Crippen LogP contribution in [0.1, 0.15) is 58.8 Å². The number of nitrogens with zero attached hydrogens (tertiary/aromatic N) is 1. The van der Waals surface area contributed by atoms with E-state index in [-0.39, 0.29) is 16.7 Å². The summed E-state index contributed by atoms with van der Waals surface area (Å²) < 4.78 is 5.04. The smallest absolute Gasteiger partial charge is 0.338 e. The molecule has 9 nitrogen and oxygen atoms in total. The highest BCUT2D eigenvalue weighted by Gasteiger charge is 2.33. The number of benzene rings is 1. The average Bonchev–Trinajstić information content (AvgIpc) is 2.77. The van der Waals surface area contributed by atoms with Crippen LogP contribution in [0.4, 0.5) is 4.79 Å². The molecule has 5 amide bonds. The van der Waals surface area contributed by atoms with Crippen LogP contribution >= 0.6 is 0 Å². The predicted octanol–water partition coefficient (Wildman–Crippen LogP) is 1.08. The van der Waals surface area contributed by atoms with Gasteiger partial charge in [-0.1, -0.05) is 0 Å². The molecular weight excluding hydrogens is 354 g/mol. The first kappa shape index (κ1) is 20.1. The van der Waals surface area contributed by atoms with Crippen molar-refractivity contribution >= 4 is 29.7 Å². The maximum Gasteiger partial charge on any atom is 0.338 e. The zero-order valence-electron chi connectivity index (χ0n) is 15.7. The molecule has 0 radical (unpaired) electrons. The van der Waals surface area contributed by atoms with Gasteiger partial charge >= 0.3 is 12.0 Å². The molecule has 2 N–H and O–H groups in total. The number of rotatable bonds is 3. The van der Waals surface area contributed by atoms with E-state index in [0.717, 1.165) is 4.90 Å². The van der Waals surface area contributed by atoms with Crippen LogP contribution in [0, 0.1) is 0 Å². The minimum atomic E-state index is -1.24. The Kier molecular flexibility index (Phi) is 5.34. The Morgan fingerprint density at radius 3 is 2.26 bits per heavy atom. The van der Waals surface area contributed by atoms with E-state index in [1.165, 1.54) is 32.2 Å². The molecule has 1 aliphatic rings. The second-order valence-corrected chi connectivity index (χ2v) is 7.17. The molecule has 1 heterocycles. The van der Waals surface area contributed by atoms with Gasteiger partial charge < -0.3 is 10.1 Å². The fourth-order valence-corrected chi connectivity index (χ4v) is 2.36. The summed E-state index contributed by atoms with van der Waals surface area (Å²) in [4.78, 5) is 60.7. The highest BCUT2D eigenvalue weighted by molar-refractivity contribution is 6.21. The Morgan fingerprint density at radius 1 is 1.07 bits per heavy atom. The van der Waals surface area contributed by atoms with Crippen molar-refractivity contribution in [3.8, 4) is 0 Å². The molecule has 144 valence electrons. The van der Waals surface area contributed by atoms with Gasteiger partial charge in [0.2, 0.25) is 0 Å². The van der Waals surface area contributed by atoms with Gasteiger partial charge in [0.15, 0.2) is 6.10 Å². The first-order valence-electron chi connectivity index (χ1n) is 8.21. The lowest BCUT2D eigenvalue weighted by Gasteiger charge is -2.21. The van der Waals surface area contributed by atoms with E-state index < -0.39 is 41.4 Å². The van der Waals surface area contributed by atoms with Crippen LogP contribution in [0.3, 0.4) is 0 Å². The summed E-state index contributed by atoms with van der Waals surface area (Å²) in [7, 11) is 1.34. The van der Waals surface area contributed by atoms with Crippen molar-refractivity contribution < 1.29 is 28.7 Å². The van der Waals surface area contributed by atoms with Crippen molar-refractivity contribution in [2.75, 3.05) is 7.05 Å². The number of urea groups is 1. The number of fused-ring (bicyclic) bond motifs is 1. The Hall–Kier alpha value is -3.23. The topological polar surface area (TPSA) is 122 Å². The molecule has 0 saturated carbocycles. The van der Waals surface area contributed by atoms with Crippen LogP contribution in [0.25, 0.3) is 0 Å². The highest BCUT2D eigenvalue weighted by atomic mass is 16.5. The van der Waals surface area contributed by atoms with Crippen molar-refractivity contribution in [1.82, 2.24) is 15.5 Å². The molecule has 1 aromatic rings. The van der Waals surface area contributed by atoms with Crippen molar-refractivity contribution in [2.45, 2.75) is 39.3 Å². The summed E-state index contributed by atoms with van der Waals surface area (Å²) >= 11 is 0. The fourth-order valence-electron chi connectivity index (χ4n) is 2.36. The van der Waals surface area contributed by atoms with Gasteiger partial charge in [-0.05, 0) is 45.9 Å². The number of carbonyl (C=O) groups excluding carboxylic acids is 5. The first-order valence-corrected chi connectivity index (χ1v) is 8.21. The fraction of sp³-hybridized carbons (Fsp3) is 0.389. The molecule has 1 atom stereocenters. The van der Waals surface area contributed by atoms with Gasteiger partial charge in [-0.2, -0.15) is 0 Å². The van der Waals surface area contributed by atoms with Gasteiger partial charge in [0.1, 0.15) is 0 Å². The number of esters is 1. The van der Waals surface area contributed by atoms with Crippen molar-refractivity contribution in [2.24, 2.45) is 0 Å². The third-order valence-corrected chi connectivity index (χ3v) is 3.70. The summed E-state index contributed by atoms with van der Waals surface area (Å²) in [6, 6.07) is 3.23. The molecule has 1 aliphatic heterocycles.